The van der Waals surface area contributed by atoms with Gasteiger partial charge in [-0.15, -0.1) is 0 Å². The van der Waals surface area contributed by atoms with E-state index in [0.717, 1.165) is 10.2 Å². The molecule has 1 aromatic heterocycles. The second kappa shape index (κ2) is 8.29. The molecule has 134 valence electrons. The van der Waals surface area contributed by atoms with Crippen LogP contribution in [0.2, 0.25) is 5.02 Å². The van der Waals surface area contributed by atoms with Crippen molar-refractivity contribution in [2.75, 3.05) is 6.61 Å². The highest BCUT2D eigenvalue weighted by Gasteiger charge is 2.12. The summed E-state index contributed by atoms with van der Waals surface area (Å²) in [5.41, 5.74) is 1.27. The van der Waals surface area contributed by atoms with Crippen LogP contribution in [0.1, 0.15) is 23.7 Å². The summed E-state index contributed by atoms with van der Waals surface area (Å²) in [5.74, 6) is -0.689. The molecule has 0 spiro atoms. The maximum Gasteiger partial charge on any atom is 0.307 e. The number of fused-ring (bicyclic) bond motifs is 1. The van der Waals surface area contributed by atoms with Gasteiger partial charge in [-0.2, -0.15) is 4.99 Å². The zero-order valence-electron chi connectivity index (χ0n) is 14.1. The molecule has 5 nitrogen and oxygen atoms in total. The van der Waals surface area contributed by atoms with Crippen LogP contribution in [-0.2, 0) is 16.1 Å². The van der Waals surface area contributed by atoms with Crippen molar-refractivity contribution in [3.05, 3.63) is 63.9 Å². The highest BCUT2D eigenvalue weighted by molar-refractivity contribution is 7.16. The minimum absolute atomic E-state index is 0.210. The number of aromatic nitrogens is 1. The van der Waals surface area contributed by atoms with Crippen molar-refractivity contribution in [3.63, 3.8) is 0 Å². The molecule has 1 amide bonds. The standard InChI is InChI=1S/C19H17ClN2O3S/c1-2-25-17(23)11-12-22-15-9-5-6-10-16(15)26-19(22)21-18(24)13-7-3-4-8-14(13)20/h3-10H,2,11-12H2,1H3. The Bertz CT molecular complexity index is 1020. The van der Waals surface area contributed by atoms with E-state index in [1.807, 2.05) is 28.8 Å². The molecule has 26 heavy (non-hydrogen) atoms. The summed E-state index contributed by atoms with van der Waals surface area (Å²) in [6.07, 6.45) is 0.210. The summed E-state index contributed by atoms with van der Waals surface area (Å²) < 4.78 is 7.85. The maximum atomic E-state index is 12.6. The maximum absolute atomic E-state index is 12.6. The number of benzene rings is 2. The molecule has 0 saturated carbocycles. The molecule has 0 saturated heterocycles. The van der Waals surface area contributed by atoms with E-state index in [2.05, 4.69) is 4.99 Å². The molecule has 0 aliphatic carbocycles. The number of aryl methyl sites for hydroxylation is 1. The van der Waals surface area contributed by atoms with Crippen LogP contribution in [0.15, 0.2) is 53.5 Å². The fraction of sp³-hybridized carbons (Fsp3) is 0.211. The Morgan fingerprint density at radius 2 is 1.88 bits per heavy atom. The van der Waals surface area contributed by atoms with E-state index >= 15 is 0 Å². The number of hydrogen-bond donors (Lipinski definition) is 0. The zero-order valence-corrected chi connectivity index (χ0v) is 15.7. The lowest BCUT2D eigenvalue weighted by Gasteiger charge is -2.05. The van der Waals surface area contributed by atoms with Gasteiger partial charge in [-0.1, -0.05) is 47.2 Å². The van der Waals surface area contributed by atoms with E-state index in [1.54, 1.807) is 31.2 Å². The number of nitrogens with zero attached hydrogens (tertiary/aromatic N) is 2. The average Bonchev–Trinajstić information content (AvgIpc) is 2.97. The normalized spacial score (nSPS) is 11.7. The number of halogens is 1. The number of esters is 1. The largest absolute Gasteiger partial charge is 0.466 e. The first-order valence-electron chi connectivity index (χ1n) is 8.17. The van der Waals surface area contributed by atoms with Gasteiger partial charge in [0.1, 0.15) is 0 Å². The lowest BCUT2D eigenvalue weighted by atomic mass is 10.2. The van der Waals surface area contributed by atoms with E-state index in [0.29, 0.717) is 28.5 Å². The summed E-state index contributed by atoms with van der Waals surface area (Å²) >= 11 is 7.49. The summed E-state index contributed by atoms with van der Waals surface area (Å²) in [7, 11) is 0. The first-order valence-corrected chi connectivity index (χ1v) is 9.37. The topological polar surface area (TPSA) is 60.7 Å². The Balaban J connectivity index is 2.02. The van der Waals surface area contributed by atoms with Gasteiger partial charge in [0.05, 0.1) is 33.8 Å². The molecule has 0 atom stereocenters. The van der Waals surface area contributed by atoms with Gasteiger partial charge in [0.15, 0.2) is 4.80 Å². The molecular weight excluding hydrogens is 372 g/mol. The van der Waals surface area contributed by atoms with Gasteiger partial charge in [0.2, 0.25) is 0 Å². The van der Waals surface area contributed by atoms with Crippen molar-refractivity contribution >= 4 is 45.0 Å². The fourth-order valence-electron chi connectivity index (χ4n) is 2.54. The molecule has 0 aliphatic rings. The zero-order chi connectivity index (χ0) is 18.5. The molecule has 3 rings (SSSR count). The van der Waals surface area contributed by atoms with Crippen LogP contribution < -0.4 is 4.80 Å². The van der Waals surface area contributed by atoms with Gasteiger partial charge >= 0.3 is 5.97 Å². The van der Waals surface area contributed by atoms with Crippen LogP contribution in [0.4, 0.5) is 0 Å². The Morgan fingerprint density at radius 3 is 2.65 bits per heavy atom. The summed E-state index contributed by atoms with van der Waals surface area (Å²) in [5, 5.41) is 0.362. The van der Waals surface area contributed by atoms with Crippen molar-refractivity contribution in [3.8, 4) is 0 Å². The van der Waals surface area contributed by atoms with E-state index in [-0.39, 0.29) is 12.4 Å². The van der Waals surface area contributed by atoms with Crippen LogP contribution in [0.3, 0.4) is 0 Å². The third-order valence-corrected chi connectivity index (χ3v) is 5.12. The Morgan fingerprint density at radius 1 is 1.15 bits per heavy atom. The van der Waals surface area contributed by atoms with Crippen molar-refractivity contribution in [1.82, 2.24) is 4.57 Å². The molecular formula is C19H17ClN2O3S. The predicted molar refractivity (Wildman–Crippen MR) is 102 cm³/mol. The number of carbonyl (C=O) groups excluding carboxylic acids is 2. The first-order chi connectivity index (χ1) is 12.6. The Kier molecular flexibility index (Phi) is 5.85. The second-order valence-electron chi connectivity index (χ2n) is 5.46. The smallest absolute Gasteiger partial charge is 0.307 e. The average molecular weight is 389 g/mol. The second-order valence-corrected chi connectivity index (χ2v) is 6.87. The molecule has 0 unspecified atom stereocenters. The number of hydrogen-bond acceptors (Lipinski definition) is 4. The van der Waals surface area contributed by atoms with E-state index in [1.165, 1.54) is 11.3 Å². The van der Waals surface area contributed by atoms with Crippen molar-refractivity contribution in [2.24, 2.45) is 4.99 Å². The molecule has 2 aromatic carbocycles. The number of thiazole rings is 1. The van der Waals surface area contributed by atoms with Crippen LogP contribution >= 0.6 is 22.9 Å². The molecule has 0 aliphatic heterocycles. The SMILES string of the molecule is CCOC(=O)CCn1c(=NC(=O)c2ccccc2Cl)sc2ccccc21. The number of amides is 1. The molecule has 0 N–H and O–H groups in total. The number of ether oxygens (including phenoxy) is 1. The monoisotopic (exact) mass is 388 g/mol. The molecule has 0 radical (unpaired) electrons. The lowest BCUT2D eigenvalue weighted by Crippen LogP contribution is -2.19. The van der Waals surface area contributed by atoms with E-state index < -0.39 is 5.91 Å². The molecule has 0 fully saturated rings. The predicted octanol–water partition coefficient (Wildman–Crippen LogP) is 4.05. The fourth-order valence-corrected chi connectivity index (χ4v) is 3.81. The summed E-state index contributed by atoms with van der Waals surface area (Å²) in [6, 6.07) is 14.5. The number of carbonyl (C=O) groups is 2. The van der Waals surface area contributed by atoms with Crippen molar-refractivity contribution in [1.29, 1.82) is 0 Å². The van der Waals surface area contributed by atoms with Crippen LogP contribution in [0.5, 0.6) is 0 Å². The third-order valence-electron chi connectivity index (χ3n) is 3.73. The van der Waals surface area contributed by atoms with Gasteiger partial charge in [0, 0.05) is 6.54 Å². The number of para-hydroxylation sites is 1. The molecule has 1 heterocycles. The van der Waals surface area contributed by atoms with Crippen molar-refractivity contribution in [2.45, 2.75) is 19.9 Å². The molecule has 3 aromatic rings. The highest BCUT2D eigenvalue weighted by Crippen LogP contribution is 2.19. The van der Waals surface area contributed by atoms with Gasteiger partial charge in [-0.3, -0.25) is 9.59 Å². The van der Waals surface area contributed by atoms with Gasteiger partial charge in [0.25, 0.3) is 5.91 Å². The van der Waals surface area contributed by atoms with Gasteiger partial charge in [-0.25, -0.2) is 0 Å². The quantitative estimate of drug-likeness (QED) is 0.619. The van der Waals surface area contributed by atoms with Gasteiger partial charge < -0.3 is 9.30 Å². The minimum Gasteiger partial charge on any atom is -0.466 e. The van der Waals surface area contributed by atoms with Crippen LogP contribution in [0.25, 0.3) is 10.2 Å². The van der Waals surface area contributed by atoms with Crippen molar-refractivity contribution < 1.29 is 14.3 Å². The summed E-state index contributed by atoms with van der Waals surface area (Å²) in [4.78, 5) is 29.1. The lowest BCUT2D eigenvalue weighted by molar-refractivity contribution is -0.143. The Hall–Kier alpha value is -2.44. The first kappa shape index (κ1) is 18.4. The molecule has 0 bridgehead atoms. The van der Waals surface area contributed by atoms with Crippen LogP contribution in [0, 0.1) is 0 Å². The van der Waals surface area contributed by atoms with Gasteiger partial charge in [-0.05, 0) is 31.2 Å². The Labute approximate surface area is 159 Å². The number of rotatable bonds is 5. The van der Waals surface area contributed by atoms with E-state index in [9.17, 15) is 9.59 Å². The molecule has 7 heteroatoms. The minimum atomic E-state index is -0.410. The third kappa shape index (κ3) is 4.03. The highest BCUT2D eigenvalue weighted by atomic mass is 35.5. The van der Waals surface area contributed by atoms with E-state index in [4.69, 9.17) is 16.3 Å². The summed E-state index contributed by atoms with van der Waals surface area (Å²) in [6.45, 7) is 2.50. The van der Waals surface area contributed by atoms with Crippen LogP contribution in [-0.4, -0.2) is 23.1 Å².